The number of hydrogen-bond donors (Lipinski definition) is 2. The first-order valence-corrected chi connectivity index (χ1v) is 14.5. The van der Waals surface area contributed by atoms with Crippen LogP contribution in [0.25, 0.3) is 0 Å². The van der Waals surface area contributed by atoms with E-state index >= 15 is 0 Å². The van der Waals surface area contributed by atoms with Crippen LogP contribution in [-0.4, -0.2) is 46.3 Å². The lowest BCUT2D eigenvalue weighted by Crippen LogP contribution is -2.59. The lowest BCUT2D eigenvalue weighted by atomic mass is 9.81. The second-order valence-electron chi connectivity index (χ2n) is 14.2. The summed E-state index contributed by atoms with van der Waals surface area (Å²) in [6.45, 7) is 19.5. The van der Waals surface area contributed by atoms with Crippen LogP contribution in [0.3, 0.4) is 0 Å². The maximum atomic E-state index is 12.9. The molecule has 2 fully saturated rings. The molecular weight excluding hydrogens is 452 g/mol. The summed E-state index contributed by atoms with van der Waals surface area (Å²) in [6.07, 6.45) is 10.7. The number of nitrogens with one attached hydrogen (secondary N) is 2. The average molecular weight is 509 g/mol. The molecule has 2 saturated heterocycles. The molecule has 0 radical (unpaired) electrons. The van der Waals surface area contributed by atoms with E-state index in [4.69, 9.17) is 9.47 Å². The van der Waals surface area contributed by atoms with Crippen LogP contribution in [0.2, 0.25) is 0 Å². The quantitative estimate of drug-likeness (QED) is 0.233. The van der Waals surface area contributed by atoms with E-state index in [0.29, 0.717) is 6.42 Å². The first kappa shape index (κ1) is 31.1. The molecule has 0 saturated carbocycles. The van der Waals surface area contributed by atoms with E-state index in [9.17, 15) is 9.59 Å². The highest BCUT2D eigenvalue weighted by molar-refractivity contribution is 5.72. The molecule has 6 heteroatoms. The molecule has 0 aromatic heterocycles. The fraction of sp³-hybridized carbons (Fsp3) is 0.933. The van der Waals surface area contributed by atoms with E-state index < -0.39 is 0 Å². The van der Waals surface area contributed by atoms with Gasteiger partial charge in [-0.05, 0) is 74.7 Å². The topological polar surface area (TPSA) is 76.7 Å². The number of hydrogen-bond acceptors (Lipinski definition) is 6. The van der Waals surface area contributed by atoms with Crippen molar-refractivity contribution in [2.24, 2.45) is 5.92 Å². The van der Waals surface area contributed by atoms with Gasteiger partial charge in [0.2, 0.25) is 0 Å². The molecular formula is C30H56N2O4. The molecule has 0 amide bonds. The molecule has 2 heterocycles. The van der Waals surface area contributed by atoms with Crippen LogP contribution in [0.4, 0.5) is 0 Å². The number of unbranched alkanes of at least 4 members (excludes halogenated alkanes) is 4. The Kier molecular flexibility index (Phi) is 10.9. The zero-order chi connectivity index (χ0) is 27.2. The second-order valence-corrected chi connectivity index (χ2v) is 14.2. The second kappa shape index (κ2) is 12.6. The predicted molar refractivity (Wildman–Crippen MR) is 147 cm³/mol. The molecule has 0 unspecified atom stereocenters. The van der Waals surface area contributed by atoms with Crippen molar-refractivity contribution in [3.05, 3.63) is 0 Å². The number of rotatable bonds is 12. The summed E-state index contributed by atoms with van der Waals surface area (Å²) < 4.78 is 11.8. The standard InChI is InChI=1S/C30H56N2O4/c1-10-22(26(34)36-24-20-29(6,7)32-30(8,9)21-24)16-14-12-11-13-15-17-25(33)35-23-18-27(2,3)31-28(4,5)19-23/h22-24,31-32H,10-21H2,1-9H3/t22-/m0/s1. The number of piperidine rings is 2. The number of ether oxygens (including phenoxy) is 2. The Morgan fingerprint density at radius 2 is 1.11 bits per heavy atom. The lowest BCUT2D eigenvalue weighted by Gasteiger charge is -2.46. The summed E-state index contributed by atoms with van der Waals surface area (Å²) in [4.78, 5) is 25.2. The fourth-order valence-corrected chi connectivity index (χ4v) is 6.81. The van der Waals surface area contributed by atoms with Crippen molar-refractivity contribution in [3.63, 3.8) is 0 Å². The Morgan fingerprint density at radius 1 is 0.694 bits per heavy atom. The van der Waals surface area contributed by atoms with Gasteiger partial charge in [0.05, 0.1) is 5.92 Å². The van der Waals surface area contributed by atoms with Gasteiger partial charge in [-0.15, -0.1) is 0 Å². The Morgan fingerprint density at radius 3 is 1.58 bits per heavy atom. The van der Waals surface area contributed by atoms with Crippen LogP contribution in [-0.2, 0) is 19.1 Å². The van der Waals surface area contributed by atoms with E-state index in [1.165, 1.54) is 0 Å². The molecule has 0 spiro atoms. The molecule has 0 bridgehead atoms. The Bertz CT molecular complexity index is 696. The van der Waals surface area contributed by atoms with Gasteiger partial charge < -0.3 is 20.1 Å². The SMILES string of the molecule is CC[C@@H](CCCCCCCC(=O)OC1CC(C)(C)NC(C)(C)C1)C(=O)OC1CC(C)(C)NC(C)(C)C1. The molecule has 2 aliphatic rings. The molecule has 0 aliphatic carbocycles. The van der Waals surface area contributed by atoms with Crippen molar-refractivity contribution >= 4 is 11.9 Å². The summed E-state index contributed by atoms with van der Waals surface area (Å²) in [7, 11) is 0. The summed E-state index contributed by atoms with van der Waals surface area (Å²) >= 11 is 0. The first-order chi connectivity index (χ1) is 16.5. The minimum atomic E-state index is -0.0634. The highest BCUT2D eigenvalue weighted by Gasteiger charge is 2.40. The molecule has 1 atom stereocenters. The van der Waals surface area contributed by atoms with Gasteiger partial charge in [0.25, 0.3) is 0 Å². The predicted octanol–water partition coefficient (Wildman–Crippen LogP) is 6.45. The van der Waals surface area contributed by atoms with Crippen LogP contribution >= 0.6 is 0 Å². The van der Waals surface area contributed by atoms with Gasteiger partial charge in [-0.2, -0.15) is 0 Å². The first-order valence-electron chi connectivity index (χ1n) is 14.5. The molecule has 0 aromatic rings. The van der Waals surface area contributed by atoms with Crippen molar-refractivity contribution in [2.45, 2.75) is 174 Å². The van der Waals surface area contributed by atoms with Gasteiger partial charge in [0.15, 0.2) is 0 Å². The maximum absolute atomic E-state index is 12.9. The largest absolute Gasteiger partial charge is 0.462 e. The minimum Gasteiger partial charge on any atom is -0.462 e. The van der Waals surface area contributed by atoms with Crippen LogP contribution < -0.4 is 10.6 Å². The molecule has 2 N–H and O–H groups in total. The van der Waals surface area contributed by atoms with Gasteiger partial charge >= 0.3 is 11.9 Å². The van der Waals surface area contributed by atoms with Crippen molar-refractivity contribution in [1.29, 1.82) is 0 Å². The van der Waals surface area contributed by atoms with Gasteiger partial charge in [0, 0.05) is 54.3 Å². The third-order valence-electron chi connectivity index (χ3n) is 7.65. The summed E-state index contributed by atoms with van der Waals surface area (Å²) in [5, 5.41) is 7.28. The number of carbonyl (C=O) groups excluding carboxylic acids is 2. The molecule has 2 aliphatic heterocycles. The zero-order valence-electron chi connectivity index (χ0n) is 24.9. The molecule has 0 aromatic carbocycles. The maximum Gasteiger partial charge on any atom is 0.309 e. The smallest absolute Gasteiger partial charge is 0.309 e. The number of esters is 2. The van der Waals surface area contributed by atoms with Crippen LogP contribution in [0.15, 0.2) is 0 Å². The van der Waals surface area contributed by atoms with E-state index in [1.54, 1.807) is 0 Å². The van der Waals surface area contributed by atoms with E-state index in [-0.39, 0.29) is 52.2 Å². The Hall–Kier alpha value is -1.14. The third kappa shape index (κ3) is 11.1. The highest BCUT2D eigenvalue weighted by Crippen LogP contribution is 2.32. The normalized spacial score (nSPS) is 24.1. The van der Waals surface area contributed by atoms with Crippen molar-refractivity contribution in [3.8, 4) is 0 Å². The highest BCUT2D eigenvalue weighted by atomic mass is 16.5. The monoisotopic (exact) mass is 508 g/mol. The van der Waals surface area contributed by atoms with E-state index in [0.717, 1.165) is 70.6 Å². The summed E-state index contributed by atoms with van der Waals surface area (Å²) in [5.41, 5.74) is -0.0875. The summed E-state index contributed by atoms with van der Waals surface area (Å²) in [5.74, 6) is -0.103. The van der Waals surface area contributed by atoms with Crippen molar-refractivity contribution in [1.82, 2.24) is 10.6 Å². The van der Waals surface area contributed by atoms with Crippen molar-refractivity contribution in [2.75, 3.05) is 0 Å². The van der Waals surface area contributed by atoms with E-state index in [2.05, 4.69) is 72.9 Å². The minimum absolute atomic E-state index is 0.00324. The number of carbonyl (C=O) groups is 2. The van der Waals surface area contributed by atoms with Crippen molar-refractivity contribution < 1.29 is 19.1 Å². The van der Waals surface area contributed by atoms with Gasteiger partial charge in [-0.1, -0.05) is 32.6 Å². The average Bonchev–Trinajstić information content (AvgIpc) is 2.64. The summed E-state index contributed by atoms with van der Waals surface area (Å²) in [6, 6.07) is 0. The van der Waals surface area contributed by atoms with Gasteiger partial charge in [-0.25, -0.2) is 0 Å². The molecule has 210 valence electrons. The Balaban J connectivity index is 1.60. The van der Waals surface area contributed by atoms with Gasteiger partial charge in [0.1, 0.15) is 12.2 Å². The molecule has 2 rings (SSSR count). The van der Waals surface area contributed by atoms with Gasteiger partial charge in [-0.3, -0.25) is 9.59 Å². The lowest BCUT2D eigenvalue weighted by molar-refractivity contribution is -0.158. The Labute approximate surface area is 221 Å². The third-order valence-corrected chi connectivity index (χ3v) is 7.65. The van der Waals surface area contributed by atoms with Crippen LogP contribution in [0.5, 0.6) is 0 Å². The molecule has 6 nitrogen and oxygen atoms in total. The molecule has 36 heavy (non-hydrogen) atoms. The fourth-order valence-electron chi connectivity index (χ4n) is 6.81. The van der Waals surface area contributed by atoms with Crippen LogP contribution in [0.1, 0.15) is 139 Å². The van der Waals surface area contributed by atoms with E-state index in [1.807, 2.05) is 0 Å². The van der Waals surface area contributed by atoms with Crippen LogP contribution in [0, 0.1) is 5.92 Å². The zero-order valence-corrected chi connectivity index (χ0v) is 24.9.